The molecule has 14 heavy (non-hydrogen) atoms. The van der Waals surface area contributed by atoms with E-state index in [1.807, 2.05) is 0 Å². The molecular formula is C8H7F2N3O. The third-order valence-corrected chi connectivity index (χ3v) is 1.63. The fourth-order valence-electron chi connectivity index (χ4n) is 0.982. The molecule has 4 nitrogen and oxygen atoms in total. The quantitative estimate of drug-likeness (QED) is 0.453. The van der Waals surface area contributed by atoms with E-state index in [-0.39, 0.29) is 12.1 Å². The Bertz CT molecular complexity index is 377. The van der Waals surface area contributed by atoms with Crippen molar-refractivity contribution in [1.29, 1.82) is 0 Å². The standard InChI is InChI=1S/C8H7F2N3O/c9-5-1-2-7(10)6(3-5)8(14)4-12-13-11/h1-3,8,14H,4H2/t8-/m1/s1. The highest BCUT2D eigenvalue weighted by atomic mass is 19.1. The van der Waals surface area contributed by atoms with Crippen molar-refractivity contribution in [2.75, 3.05) is 6.54 Å². The molecule has 0 saturated carbocycles. The largest absolute Gasteiger partial charge is 0.388 e. The lowest BCUT2D eigenvalue weighted by atomic mass is 10.1. The number of benzene rings is 1. The van der Waals surface area contributed by atoms with Crippen LogP contribution in [0.15, 0.2) is 23.3 Å². The minimum atomic E-state index is -1.32. The molecular weight excluding hydrogens is 192 g/mol. The zero-order valence-corrected chi connectivity index (χ0v) is 7.06. The van der Waals surface area contributed by atoms with Crippen LogP contribution < -0.4 is 0 Å². The zero-order chi connectivity index (χ0) is 10.6. The van der Waals surface area contributed by atoms with Gasteiger partial charge in [0.2, 0.25) is 0 Å². The van der Waals surface area contributed by atoms with Gasteiger partial charge in [-0.25, -0.2) is 8.78 Å². The van der Waals surface area contributed by atoms with Crippen LogP contribution in [-0.2, 0) is 0 Å². The molecule has 74 valence electrons. The summed E-state index contributed by atoms with van der Waals surface area (Å²) in [6, 6.07) is 2.72. The molecule has 1 aromatic carbocycles. The summed E-state index contributed by atoms with van der Waals surface area (Å²) >= 11 is 0. The molecule has 0 fully saturated rings. The Labute approximate surface area is 78.4 Å². The Morgan fingerprint density at radius 1 is 1.50 bits per heavy atom. The van der Waals surface area contributed by atoms with Crippen LogP contribution in [0.4, 0.5) is 8.78 Å². The smallest absolute Gasteiger partial charge is 0.129 e. The van der Waals surface area contributed by atoms with E-state index in [4.69, 9.17) is 5.53 Å². The SMILES string of the molecule is [N-]=[N+]=NC[C@@H](O)c1cc(F)ccc1F. The molecule has 6 heteroatoms. The highest BCUT2D eigenvalue weighted by Crippen LogP contribution is 2.18. The Hall–Kier alpha value is -1.65. The van der Waals surface area contributed by atoms with Gasteiger partial charge in [-0.3, -0.25) is 0 Å². The third kappa shape index (κ3) is 2.42. The average Bonchev–Trinajstić information content (AvgIpc) is 2.18. The lowest BCUT2D eigenvalue weighted by Gasteiger charge is -2.08. The van der Waals surface area contributed by atoms with E-state index in [1.54, 1.807) is 0 Å². The summed E-state index contributed by atoms with van der Waals surface area (Å²) in [4.78, 5) is 2.40. The molecule has 1 atom stereocenters. The van der Waals surface area contributed by atoms with Gasteiger partial charge in [0.15, 0.2) is 0 Å². The second-order valence-corrected chi connectivity index (χ2v) is 2.60. The fourth-order valence-corrected chi connectivity index (χ4v) is 0.982. The van der Waals surface area contributed by atoms with Gasteiger partial charge in [0.1, 0.15) is 11.6 Å². The maximum atomic E-state index is 13.0. The minimum Gasteiger partial charge on any atom is -0.388 e. The maximum absolute atomic E-state index is 13.0. The number of rotatable bonds is 3. The summed E-state index contributed by atoms with van der Waals surface area (Å²) in [5.41, 5.74) is 7.75. The number of nitrogens with zero attached hydrogens (tertiary/aromatic N) is 3. The van der Waals surface area contributed by atoms with Gasteiger partial charge in [-0.2, -0.15) is 0 Å². The Morgan fingerprint density at radius 3 is 2.86 bits per heavy atom. The van der Waals surface area contributed by atoms with Crippen molar-refractivity contribution in [2.24, 2.45) is 5.11 Å². The van der Waals surface area contributed by atoms with Crippen LogP contribution in [-0.4, -0.2) is 11.7 Å². The van der Waals surface area contributed by atoms with E-state index in [2.05, 4.69) is 10.0 Å². The second-order valence-electron chi connectivity index (χ2n) is 2.60. The van der Waals surface area contributed by atoms with Gasteiger partial charge >= 0.3 is 0 Å². The van der Waals surface area contributed by atoms with E-state index in [9.17, 15) is 13.9 Å². The first kappa shape index (κ1) is 10.4. The van der Waals surface area contributed by atoms with E-state index in [0.29, 0.717) is 0 Å². The molecule has 0 heterocycles. The predicted molar refractivity (Wildman–Crippen MR) is 45.3 cm³/mol. The first-order chi connectivity index (χ1) is 6.65. The van der Waals surface area contributed by atoms with Gasteiger partial charge in [-0.15, -0.1) is 0 Å². The number of aliphatic hydroxyl groups is 1. The molecule has 1 N–H and O–H groups in total. The number of aliphatic hydroxyl groups excluding tert-OH is 1. The number of hydrogen-bond donors (Lipinski definition) is 1. The van der Waals surface area contributed by atoms with Crippen LogP contribution in [0.2, 0.25) is 0 Å². The van der Waals surface area contributed by atoms with Crippen molar-refractivity contribution in [1.82, 2.24) is 0 Å². The molecule has 0 unspecified atom stereocenters. The summed E-state index contributed by atoms with van der Waals surface area (Å²) in [5, 5.41) is 12.3. The molecule has 1 aromatic rings. The van der Waals surface area contributed by atoms with Crippen molar-refractivity contribution in [2.45, 2.75) is 6.10 Å². The molecule has 0 aliphatic heterocycles. The van der Waals surface area contributed by atoms with Gasteiger partial charge in [-0.05, 0) is 23.7 Å². The van der Waals surface area contributed by atoms with Crippen LogP contribution in [0.5, 0.6) is 0 Å². The second kappa shape index (κ2) is 4.55. The van der Waals surface area contributed by atoms with Crippen LogP contribution in [0.25, 0.3) is 10.4 Å². The Morgan fingerprint density at radius 2 is 2.21 bits per heavy atom. The van der Waals surface area contributed by atoms with Crippen LogP contribution in [0.1, 0.15) is 11.7 Å². The van der Waals surface area contributed by atoms with Gasteiger partial charge in [-0.1, -0.05) is 5.11 Å². The summed E-state index contributed by atoms with van der Waals surface area (Å²) in [7, 11) is 0. The highest BCUT2D eigenvalue weighted by Gasteiger charge is 2.12. The summed E-state index contributed by atoms with van der Waals surface area (Å²) in [5.74, 6) is -1.38. The lowest BCUT2D eigenvalue weighted by Crippen LogP contribution is -2.04. The topological polar surface area (TPSA) is 69.0 Å². The van der Waals surface area contributed by atoms with Crippen molar-refractivity contribution in [3.05, 3.63) is 45.8 Å². The van der Waals surface area contributed by atoms with Crippen molar-refractivity contribution < 1.29 is 13.9 Å². The fraction of sp³-hybridized carbons (Fsp3) is 0.250. The molecule has 0 saturated heterocycles. The van der Waals surface area contributed by atoms with Crippen molar-refractivity contribution in [3.63, 3.8) is 0 Å². The minimum absolute atomic E-state index is 0.211. The van der Waals surface area contributed by atoms with Gasteiger partial charge in [0.05, 0.1) is 12.6 Å². The molecule has 0 aromatic heterocycles. The number of azide groups is 1. The molecule has 0 aliphatic carbocycles. The lowest BCUT2D eigenvalue weighted by molar-refractivity contribution is 0.181. The maximum Gasteiger partial charge on any atom is 0.129 e. The summed E-state index contributed by atoms with van der Waals surface area (Å²) < 4.78 is 25.6. The van der Waals surface area contributed by atoms with E-state index in [1.165, 1.54) is 0 Å². The van der Waals surface area contributed by atoms with E-state index >= 15 is 0 Å². The normalized spacial score (nSPS) is 11.9. The van der Waals surface area contributed by atoms with Crippen molar-refractivity contribution >= 4 is 0 Å². The third-order valence-electron chi connectivity index (χ3n) is 1.63. The molecule has 0 amide bonds. The van der Waals surface area contributed by atoms with Crippen molar-refractivity contribution in [3.8, 4) is 0 Å². The van der Waals surface area contributed by atoms with Crippen LogP contribution in [0, 0.1) is 11.6 Å². The zero-order valence-electron chi connectivity index (χ0n) is 7.06. The van der Waals surface area contributed by atoms with E-state index in [0.717, 1.165) is 18.2 Å². The van der Waals surface area contributed by atoms with Gasteiger partial charge in [0, 0.05) is 10.5 Å². The van der Waals surface area contributed by atoms with Gasteiger partial charge in [0.25, 0.3) is 0 Å². The first-order valence-corrected chi connectivity index (χ1v) is 3.79. The monoisotopic (exact) mass is 199 g/mol. The molecule has 0 bridgehead atoms. The van der Waals surface area contributed by atoms with Crippen LogP contribution >= 0.6 is 0 Å². The summed E-state index contributed by atoms with van der Waals surface area (Å²) in [6.07, 6.45) is -1.32. The number of hydrogen-bond acceptors (Lipinski definition) is 2. The van der Waals surface area contributed by atoms with Crippen LogP contribution in [0.3, 0.4) is 0 Å². The Balaban J connectivity index is 2.93. The highest BCUT2D eigenvalue weighted by molar-refractivity contribution is 5.21. The molecule has 0 aliphatic rings. The first-order valence-electron chi connectivity index (χ1n) is 3.79. The predicted octanol–water partition coefficient (Wildman–Crippen LogP) is 2.31. The number of halogens is 2. The molecule has 1 rings (SSSR count). The van der Waals surface area contributed by atoms with Gasteiger partial charge < -0.3 is 5.11 Å². The van der Waals surface area contributed by atoms with E-state index < -0.39 is 17.7 Å². The Kier molecular flexibility index (Phi) is 3.39. The molecule has 0 spiro atoms. The summed E-state index contributed by atoms with van der Waals surface area (Å²) in [6.45, 7) is -0.323. The average molecular weight is 199 g/mol. The molecule has 0 radical (unpaired) electrons.